The molecule has 0 heterocycles. The van der Waals surface area contributed by atoms with Crippen LogP contribution in [0.25, 0.3) is 0 Å². The van der Waals surface area contributed by atoms with Gasteiger partial charge in [-0.2, -0.15) is 0 Å². The first-order valence-electron chi connectivity index (χ1n) is 5.60. The number of rotatable bonds is 3. The predicted octanol–water partition coefficient (Wildman–Crippen LogP) is 3.18. The van der Waals surface area contributed by atoms with Gasteiger partial charge in [0.1, 0.15) is 11.6 Å². The van der Waals surface area contributed by atoms with E-state index in [1.165, 1.54) is 0 Å². The van der Waals surface area contributed by atoms with Gasteiger partial charge < -0.3 is 10.8 Å². The third-order valence-corrected chi connectivity index (χ3v) is 2.91. The lowest BCUT2D eigenvalue weighted by molar-refractivity contribution is 0.129. The fourth-order valence-electron chi connectivity index (χ4n) is 1.49. The van der Waals surface area contributed by atoms with Gasteiger partial charge in [-0.1, -0.05) is 20.8 Å². The quantitative estimate of drug-likeness (QED) is 0.893. The van der Waals surface area contributed by atoms with Crippen molar-refractivity contribution in [3.63, 3.8) is 0 Å². The van der Waals surface area contributed by atoms with Crippen LogP contribution < -0.4 is 5.73 Å². The maximum atomic E-state index is 13.4. The topological polar surface area (TPSA) is 46.2 Å². The normalized spacial score (nSPS) is 14.8. The lowest BCUT2D eigenvalue weighted by atomic mass is 9.83. The molecule has 0 saturated heterocycles. The molecular weight excluding hydrogens is 260 g/mol. The minimum atomic E-state index is -1.08. The zero-order valence-electron chi connectivity index (χ0n) is 10.8. The summed E-state index contributed by atoms with van der Waals surface area (Å²) in [6.45, 7) is 5.81. The Bertz CT molecular complexity index is 393. The third kappa shape index (κ3) is 4.52. The third-order valence-electron chi connectivity index (χ3n) is 2.91. The van der Waals surface area contributed by atoms with E-state index >= 15 is 0 Å². The summed E-state index contributed by atoms with van der Waals surface area (Å²) in [4.78, 5) is 0. The lowest BCUT2D eigenvalue weighted by Gasteiger charge is -2.29. The van der Waals surface area contributed by atoms with Gasteiger partial charge in [0.25, 0.3) is 0 Å². The van der Waals surface area contributed by atoms with Crippen LogP contribution in [0.5, 0.6) is 0 Å². The van der Waals surface area contributed by atoms with Gasteiger partial charge in [-0.3, -0.25) is 0 Å². The summed E-state index contributed by atoms with van der Waals surface area (Å²) in [5, 5.41) is 9.87. The van der Waals surface area contributed by atoms with Crippen molar-refractivity contribution < 1.29 is 13.9 Å². The van der Waals surface area contributed by atoms with Crippen molar-refractivity contribution in [3.8, 4) is 0 Å². The first kappa shape index (κ1) is 17.3. The molecule has 0 radical (unpaired) electrons. The van der Waals surface area contributed by atoms with Crippen molar-refractivity contribution in [2.45, 2.75) is 39.3 Å². The molecule has 0 spiro atoms. The van der Waals surface area contributed by atoms with E-state index in [4.69, 9.17) is 5.73 Å². The van der Waals surface area contributed by atoms with E-state index in [0.29, 0.717) is 0 Å². The number of benzene rings is 1. The fourth-order valence-corrected chi connectivity index (χ4v) is 1.49. The molecule has 0 bridgehead atoms. The van der Waals surface area contributed by atoms with Crippen LogP contribution in [0.4, 0.5) is 8.78 Å². The first-order chi connectivity index (χ1) is 7.71. The van der Waals surface area contributed by atoms with E-state index in [1.807, 2.05) is 20.8 Å². The molecule has 0 amide bonds. The highest BCUT2D eigenvalue weighted by Gasteiger charge is 2.25. The molecule has 0 fully saturated rings. The van der Waals surface area contributed by atoms with Gasteiger partial charge in [0.05, 0.1) is 6.10 Å². The number of hydrogen-bond acceptors (Lipinski definition) is 2. The smallest absolute Gasteiger partial charge is 0.129 e. The van der Waals surface area contributed by atoms with Gasteiger partial charge in [0.2, 0.25) is 0 Å². The molecule has 104 valence electrons. The number of halogens is 3. The van der Waals surface area contributed by atoms with E-state index in [1.54, 1.807) is 0 Å². The molecule has 2 atom stereocenters. The van der Waals surface area contributed by atoms with Crippen LogP contribution in [0.15, 0.2) is 18.2 Å². The van der Waals surface area contributed by atoms with Crippen LogP contribution in [-0.4, -0.2) is 11.1 Å². The summed E-state index contributed by atoms with van der Waals surface area (Å²) in [6, 6.07) is 2.75. The largest absolute Gasteiger partial charge is 0.388 e. The first-order valence-corrected chi connectivity index (χ1v) is 5.60. The maximum Gasteiger partial charge on any atom is 0.129 e. The Morgan fingerprint density at radius 2 is 1.83 bits per heavy atom. The maximum absolute atomic E-state index is 13.4. The monoisotopic (exact) mass is 279 g/mol. The Labute approximate surface area is 113 Å². The number of aliphatic hydroxyl groups is 1. The van der Waals surface area contributed by atoms with Crippen molar-refractivity contribution in [1.82, 2.24) is 0 Å². The molecule has 0 aliphatic heterocycles. The Kier molecular flexibility index (Phi) is 6.20. The number of aliphatic hydroxyl groups excluding tert-OH is 1. The van der Waals surface area contributed by atoms with Gasteiger partial charge >= 0.3 is 0 Å². The van der Waals surface area contributed by atoms with Crippen molar-refractivity contribution in [2.24, 2.45) is 11.1 Å². The summed E-state index contributed by atoms with van der Waals surface area (Å²) >= 11 is 0. The van der Waals surface area contributed by atoms with Crippen molar-refractivity contribution in [3.05, 3.63) is 35.4 Å². The van der Waals surface area contributed by atoms with E-state index in [9.17, 15) is 13.9 Å². The Morgan fingerprint density at radius 1 is 1.28 bits per heavy atom. The van der Waals surface area contributed by atoms with Gasteiger partial charge in [-0.15, -0.1) is 12.4 Å². The molecule has 3 N–H and O–H groups in total. The molecule has 0 unspecified atom stereocenters. The molecule has 1 aromatic rings. The zero-order valence-corrected chi connectivity index (χ0v) is 11.6. The van der Waals surface area contributed by atoms with Gasteiger partial charge in [0.15, 0.2) is 0 Å². The highest BCUT2D eigenvalue weighted by molar-refractivity contribution is 5.85. The molecule has 1 aromatic carbocycles. The van der Waals surface area contributed by atoms with Crippen LogP contribution in [0.2, 0.25) is 0 Å². The molecular formula is C13H20ClF2NO. The second-order valence-corrected chi connectivity index (χ2v) is 5.39. The summed E-state index contributed by atoms with van der Waals surface area (Å²) < 4.78 is 26.4. The molecule has 0 aliphatic carbocycles. The molecule has 0 aliphatic rings. The molecule has 0 aromatic heterocycles. The number of hydrogen-bond donors (Lipinski definition) is 2. The summed E-state index contributed by atoms with van der Waals surface area (Å²) in [5.74, 6) is -1.18. The van der Waals surface area contributed by atoms with E-state index < -0.39 is 17.7 Å². The molecule has 0 saturated carbocycles. The molecule has 5 heteroatoms. The van der Waals surface area contributed by atoms with Gasteiger partial charge in [-0.05, 0) is 30.0 Å². The molecule has 18 heavy (non-hydrogen) atoms. The summed E-state index contributed by atoms with van der Waals surface area (Å²) in [6.07, 6.45) is -0.885. The van der Waals surface area contributed by atoms with Crippen LogP contribution >= 0.6 is 12.4 Å². The van der Waals surface area contributed by atoms with E-state index in [-0.39, 0.29) is 35.8 Å². The highest BCUT2D eigenvalue weighted by Crippen LogP contribution is 2.28. The van der Waals surface area contributed by atoms with Crippen LogP contribution in [0.3, 0.4) is 0 Å². The molecule has 2 nitrogen and oxygen atoms in total. The SMILES string of the molecule is CC(C)(C)[C@@H](N)C[C@H](O)c1cc(F)ccc1F.Cl. The lowest BCUT2D eigenvalue weighted by Crippen LogP contribution is -2.36. The van der Waals surface area contributed by atoms with Crippen molar-refractivity contribution in [2.75, 3.05) is 0 Å². The van der Waals surface area contributed by atoms with E-state index in [0.717, 1.165) is 18.2 Å². The van der Waals surface area contributed by atoms with Crippen molar-refractivity contribution in [1.29, 1.82) is 0 Å². The average molecular weight is 280 g/mol. The zero-order chi connectivity index (χ0) is 13.2. The number of nitrogens with two attached hydrogens (primary N) is 1. The fraction of sp³-hybridized carbons (Fsp3) is 0.538. The highest BCUT2D eigenvalue weighted by atomic mass is 35.5. The predicted molar refractivity (Wildman–Crippen MR) is 70.6 cm³/mol. The Morgan fingerprint density at radius 3 is 2.33 bits per heavy atom. The van der Waals surface area contributed by atoms with Crippen LogP contribution in [0, 0.1) is 17.0 Å². The van der Waals surface area contributed by atoms with Crippen LogP contribution in [0.1, 0.15) is 38.9 Å². The van der Waals surface area contributed by atoms with Crippen molar-refractivity contribution >= 4 is 12.4 Å². The molecule has 1 rings (SSSR count). The van der Waals surface area contributed by atoms with E-state index in [2.05, 4.69) is 0 Å². The summed E-state index contributed by atoms with van der Waals surface area (Å²) in [5.41, 5.74) is 5.67. The minimum absolute atomic E-state index is 0. The summed E-state index contributed by atoms with van der Waals surface area (Å²) in [7, 11) is 0. The van der Waals surface area contributed by atoms with Crippen LogP contribution in [-0.2, 0) is 0 Å². The Hall–Kier alpha value is -0.710. The van der Waals surface area contributed by atoms with Gasteiger partial charge in [0, 0.05) is 11.6 Å². The van der Waals surface area contributed by atoms with Gasteiger partial charge in [-0.25, -0.2) is 8.78 Å². The Balaban J connectivity index is 0.00000289. The second kappa shape index (κ2) is 6.45. The average Bonchev–Trinajstić information content (AvgIpc) is 2.20. The standard InChI is InChI=1S/C13H19F2NO.ClH/c1-13(2,3)12(16)7-11(17)9-6-8(14)4-5-10(9)15;/h4-6,11-12,17H,7,16H2,1-3H3;1H/t11-,12-;/m0./s1. The minimum Gasteiger partial charge on any atom is -0.388 e. The second-order valence-electron chi connectivity index (χ2n) is 5.39.